The molecule has 2 heterocycles. The monoisotopic (exact) mass is 426 g/mol. The van der Waals surface area contributed by atoms with Crippen molar-refractivity contribution < 1.29 is 28.5 Å². The third kappa shape index (κ3) is 5.33. The molecule has 0 radical (unpaired) electrons. The molecule has 2 fully saturated rings. The largest absolute Gasteiger partial charge is 0.454 e. The van der Waals surface area contributed by atoms with Gasteiger partial charge in [-0.1, -0.05) is 60.7 Å². The predicted octanol–water partition coefficient (Wildman–Crippen LogP) is 3.87. The summed E-state index contributed by atoms with van der Waals surface area (Å²) in [5.74, 6) is -0.329. The van der Waals surface area contributed by atoms with Gasteiger partial charge in [0.25, 0.3) is 0 Å². The minimum Gasteiger partial charge on any atom is -0.454 e. The van der Waals surface area contributed by atoms with E-state index in [9.17, 15) is 4.79 Å². The molecule has 2 aliphatic heterocycles. The molecular formula is C25H30O6. The summed E-state index contributed by atoms with van der Waals surface area (Å²) in [6.45, 7) is 6.61. The van der Waals surface area contributed by atoms with Crippen LogP contribution in [0.15, 0.2) is 60.7 Å². The number of hydrogen-bond acceptors (Lipinski definition) is 6. The zero-order chi connectivity index (χ0) is 21.8. The quantitative estimate of drug-likeness (QED) is 0.627. The van der Waals surface area contributed by atoms with Crippen LogP contribution in [0.4, 0.5) is 0 Å². The van der Waals surface area contributed by atoms with Crippen LogP contribution in [0.5, 0.6) is 0 Å². The van der Waals surface area contributed by atoms with E-state index in [2.05, 4.69) is 0 Å². The molecule has 2 aromatic rings. The van der Waals surface area contributed by atoms with E-state index in [0.29, 0.717) is 19.8 Å². The Labute approximate surface area is 183 Å². The highest BCUT2D eigenvalue weighted by Crippen LogP contribution is 2.35. The van der Waals surface area contributed by atoms with Gasteiger partial charge in [0, 0.05) is 0 Å². The van der Waals surface area contributed by atoms with Crippen LogP contribution in [0, 0.1) is 5.41 Å². The highest BCUT2D eigenvalue weighted by Gasteiger charge is 2.54. The average molecular weight is 427 g/mol. The molecule has 31 heavy (non-hydrogen) atoms. The second-order valence-electron chi connectivity index (χ2n) is 9.02. The number of ether oxygens (including phenoxy) is 5. The van der Waals surface area contributed by atoms with Gasteiger partial charge in [0.1, 0.15) is 18.3 Å². The van der Waals surface area contributed by atoms with Crippen molar-refractivity contribution in [3.05, 3.63) is 71.8 Å². The molecule has 0 aliphatic carbocycles. The molecule has 0 unspecified atom stereocenters. The lowest BCUT2D eigenvalue weighted by atomic mass is 9.96. The maximum atomic E-state index is 12.7. The summed E-state index contributed by atoms with van der Waals surface area (Å²) in [6.07, 6.45) is -2.59. The smallest absolute Gasteiger partial charge is 0.311 e. The molecule has 0 N–H and O–H groups in total. The van der Waals surface area contributed by atoms with Gasteiger partial charge in [-0.05, 0) is 31.9 Å². The van der Waals surface area contributed by atoms with Crippen LogP contribution >= 0.6 is 0 Å². The van der Waals surface area contributed by atoms with E-state index in [1.807, 2.05) is 81.4 Å². The lowest BCUT2D eigenvalue weighted by Gasteiger charge is -2.40. The van der Waals surface area contributed by atoms with E-state index in [1.54, 1.807) is 0 Å². The predicted molar refractivity (Wildman–Crippen MR) is 114 cm³/mol. The van der Waals surface area contributed by atoms with Crippen molar-refractivity contribution >= 4 is 5.97 Å². The van der Waals surface area contributed by atoms with Gasteiger partial charge in [0.05, 0.1) is 25.2 Å². The lowest BCUT2D eigenvalue weighted by Crippen LogP contribution is -2.57. The molecule has 2 aromatic carbocycles. The van der Waals surface area contributed by atoms with Crippen molar-refractivity contribution in [3.63, 3.8) is 0 Å². The van der Waals surface area contributed by atoms with Crippen molar-refractivity contribution in [2.24, 2.45) is 5.41 Å². The van der Waals surface area contributed by atoms with Crippen LogP contribution in [0.2, 0.25) is 0 Å². The molecule has 0 amide bonds. The number of fused-ring (bicyclic) bond motifs is 2. The fourth-order valence-electron chi connectivity index (χ4n) is 3.69. The topological polar surface area (TPSA) is 63.2 Å². The minimum atomic E-state index is -0.713. The molecule has 0 saturated carbocycles. The Morgan fingerprint density at radius 2 is 1.42 bits per heavy atom. The maximum absolute atomic E-state index is 12.7. The number of carbonyl (C=O) groups is 1. The van der Waals surface area contributed by atoms with Gasteiger partial charge in [-0.3, -0.25) is 4.79 Å². The molecule has 4 rings (SSSR count). The van der Waals surface area contributed by atoms with E-state index in [-0.39, 0.29) is 12.1 Å². The first-order chi connectivity index (χ1) is 14.9. The first-order valence-electron chi connectivity index (χ1n) is 10.7. The van der Waals surface area contributed by atoms with E-state index in [4.69, 9.17) is 23.7 Å². The summed E-state index contributed by atoms with van der Waals surface area (Å²) in [6, 6.07) is 19.8. The Bertz CT molecular complexity index is 847. The normalized spacial score (nSPS) is 27.8. The molecular weight excluding hydrogens is 396 g/mol. The molecule has 0 spiro atoms. The number of rotatable bonds is 7. The van der Waals surface area contributed by atoms with Gasteiger partial charge in [-0.25, -0.2) is 0 Å². The van der Waals surface area contributed by atoms with Gasteiger partial charge >= 0.3 is 5.97 Å². The van der Waals surface area contributed by atoms with Crippen LogP contribution in [0.25, 0.3) is 0 Å². The van der Waals surface area contributed by atoms with Gasteiger partial charge < -0.3 is 23.7 Å². The van der Waals surface area contributed by atoms with Crippen molar-refractivity contribution in [1.82, 2.24) is 0 Å². The number of esters is 1. The van der Waals surface area contributed by atoms with Gasteiger partial charge in [-0.2, -0.15) is 0 Å². The molecule has 2 aliphatic rings. The highest BCUT2D eigenvalue weighted by atomic mass is 16.8. The van der Waals surface area contributed by atoms with Crippen LogP contribution in [-0.2, 0) is 41.7 Å². The standard InChI is InChI=1S/C25H30O6/c1-25(2,3)24(26)31-22-21(28-15-18-12-8-5-9-13-18)20(19-16-29-23(22)30-19)27-14-17-10-6-4-7-11-17/h4-13,19-23H,14-16H2,1-3H3/t19-,20-,21+,22-,23-/m1/s1. The molecule has 166 valence electrons. The minimum absolute atomic E-state index is 0.279. The maximum Gasteiger partial charge on any atom is 0.311 e. The van der Waals surface area contributed by atoms with E-state index >= 15 is 0 Å². The van der Waals surface area contributed by atoms with Gasteiger partial charge in [-0.15, -0.1) is 0 Å². The van der Waals surface area contributed by atoms with Crippen LogP contribution < -0.4 is 0 Å². The molecule has 6 heteroatoms. The Morgan fingerprint density at radius 3 is 1.97 bits per heavy atom. The summed E-state index contributed by atoms with van der Waals surface area (Å²) in [4.78, 5) is 12.7. The molecule has 2 saturated heterocycles. The zero-order valence-corrected chi connectivity index (χ0v) is 18.2. The zero-order valence-electron chi connectivity index (χ0n) is 18.2. The number of hydrogen-bond donors (Lipinski definition) is 0. The summed E-state index contributed by atoms with van der Waals surface area (Å²) >= 11 is 0. The molecule has 6 nitrogen and oxygen atoms in total. The van der Waals surface area contributed by atoms with Crippen molar-refractivity contribution in [2.45, 2.75) is 64.7 Å². The third-order valence-electron chi connectivity index (χ3n) is 5.44. The first-order valence-corrected chi connectivity index (χ1v) is 10.7. The van der Waals surface area contributed by atoms with Crippen molar-refractivity contribution in [3.8, 4) is 0 Å². The first kappa shape index (κ1) is 22.0. The van der Waals surface area contributed by atoms with Crippen LogP contribution in [0.3, 0.4) is 0 Å². The van der Waals surface area contributed by atoms with Crippen LogP contribution in [0.1, 0.15) is 31.9 Å². The summed E-state index contributed by atoms with van der Waals surface area (Å²) < 4.78 is 30.3. The number of benzene rings is 2. The fraction of sp³-hybridized carbons (Fsp3) is 0.480. The molecule has 2 bridgehead atoms. The lowest BCUT2D eigenvalue weighted by molar-refractivity contribution is -0.263. The Morgan fingerprint density at radius 1 is 0.871 bits per heavy atom. The SMILES string of the molecule is CC(C)(C)C(=O)O[C@H]1[C@@H]2OC[C@@H](O2)[C@@H](OCc2ccccc2)[C@@H]1OCc1ccccc1. The van der Waals surface area contributed by atoms with E-state index in [0.717, 1.165) is 11.1 Å². The van der Waals surface area contributed by atoms with Crippen molar-refractivity contribution in [1.29, 1.82) is 0 Å². The Hall–Kier alpha value is -2.25. The Kier molecular flexibility index (Phi) is 6.72. The van der Waals surface area contributed by atoms with Gasteiger partial charge in [0.15, 0.2) is 12.4 Å². The number of carbonyl (C=O) groups excluding carboxylic acids is 1. The summed E-state index contributed by atoms with van der Waals surface area (Å²) in [7, 11) is 0. The van der Waals surface area contributed by atoms with E-state index in [1.165, 1.54) is 0 Å². The van der Waals surface area contributed by atoms with E-state index < -0.39 is 30.0 Å². The molecule has 0 aromatic heterocycles. The second-order valence-corrected chi connectivity index (χ2v) is 9.02. The fourth-order valence-corrected chi connectivity index (χ4v) is 3.69. The van der Waals surface area contributed by atoms with Gasteiger partial charge in [0.2, 0.25) is 0 Å². The highest BCUT2D eigenvalue weighted by molar-refractivity contribution is 5.75. The van der Waals surface area contributed by atoms with Crippen molar-refractivity contribution in [2.75, 3.05) is 6.61 Å². The Balaban J connectivity index is 1.54. The second kappa shape index (κ2) is 9.49. The summed E-state index contributed by atoms with van der Waals surface area (Å²) in [5, 5.41) is 0. The molecule has 5 atom stereocenters. The average Bonchev–Trinajstić information content (AvgIpc) is 3.20. The third-order valence-corrected chi connectivity index (χ3v) is 5.44. The summed E-state index contributed by atoms with van der Waals surface area (Å²) in [5.41, 5.74) is 1.43. The van der Waals surface area contributed by atoms with Crippen LogP contribution in [-0.4, -0.2) is 43.3 Å².